The van der Waals surface area contributed by atoms with Crippen molar-refractivity contribution in [1.29, 1.82) is 0 Å². The van der Waals surface area contributed by atoms with E-state index in [9.17, 15) is 4.79 Å². The Morgan fingerprint density at radius 2 is 2.33 bits per heavy atom. The van der Waals surface area contributed by atoms with E-state index in [1.165, 1.54) is 0 Å². The average molecular weight is 246 g/mol. The molecule has 0 saturated carbocycles. The first-order valence-corrected chi connectivity index (χ1v) is 6.04. The van der Waals surface area contributed by atoms with Crippen molar-refractivity contribution in [2.75, 3.05) is 6.61 Å². The number of para-hydroxylation sites is 2. The summed E-state index contributed by atoms with van der Waals surface area (Å²) in [5.74, 6) is -0.131. The Kier molecular flexibility index (Phi) is 2.76. The molecule has 1 unspecified atom stereocenters. The van der Waals surface area contributed by atoms with Crippen molar-refractivity contribution in [3.8, 4) is 0 Å². The molecule has 0 amide bonds. The molecule has 1 aliphatic rings. The van der Waals surface area contributed by atoms with E-state index < -0.39 is 5.97 Å². The van der Waals surface area contributed by atoms with Gasteiger partial charge in [0.15, 0.2) is 0 Å². The van der Waals surface area contributed by atoms with E-state index in [-0.39, 0.29) is 12.6 Å². The molecule has 2 heterocycles. The summed E-state index contributed by atoms with van der Waals surface area (Å²) in [7, 11) is 0. The van der Waals surface area contributed by atoms with Crippen LogP contribution in [0.5, 0.6) is 0 Å². The van der Waals surface area contributed by atoms with Crippen molar-refractivity contribution in [3.05, 3.63) is 30.1 Å². The summed E-state index contributed by atoms with van der Waals surface area (Å²) in [6, 6.07) is 7.58. The molecule has 1 aromatic carbocycles. The maximum atomic E-state index is 11.0. The standard InChI is InChI=1S/C13H14N2O3/c16-12(17)8-15-10-5-2-1-4-9(10)14-13(15)11-6-3-7-18-11/h1-2,4-5,11H,3,6-8H2,(H,16,17). The molecular weight excluding hydrogens is 232 g/mol. The van der Waals surface area contributed by atoms with Crippen LogP contribution in [0, 0.1) is 0 Å². The van der Waals surface area contributed by atoms with Gasteiger partial charge >= 0.3 is 5.97 Å². The number of carboxylic acids is 1. The SMILES string of the molecule is O=C(O)Cn1c(C2CCCO2)nc2ccccc21. The molecule has 2 aromatic rings. The Morgan fingerprint density at radius 1 is 1.50 bits per heavy atom. The highest BCUT2D eigenvalue weighted by atomic mass is 16.5. The zero-order chi connectivity index (χ0) is 12.5. The van der Waals surface area contributed by atoms with Gasteiger partial charge in [-0.25, -0.2) is 4.98 Å². The molecule has 1 saturated heterocycles. The van der Waals surface area contributed by atoms with Crippen molar-refractivity contribution in [2.45, 2.75) is 25.5 Å². The van der Waals surface area contributed by atoms with Crippen LogP contribution in [-0.4, -0.2) is 27.2 Å². The number of rotatable bonds is 3. The van der Waals surface area contributed by atoms with Crippen LogP contribution in [0.1, 0.15) is 24.8 Å². The number of hydrogen-bond acceptors (Lipinski definition) is 3. The van der Waals surface area contributed by atoms with Crippen molar-refractivity contribution in [1.82, 2.24) is 9.55 Å². The molecule has 3 rings (SSSR count). The molecule has 5 heteroatoms. The molecule has 1 fully saturated rings. The summed E-state index contributed by atoms with van der Waals surface area (Å²) in [5.41, 5.74) is 1.68. The fourth-order valence-corrected chi connectivity index (χ4v) is 2.42. The minimum atomic E-state index is -0.864. The van der Waals surface area contributed by atoms with Crippen molar-refractivity contribution in [3.63, 3.8) is 0 Å². The van der Waals surface area contributed by atoms with Crippen LogP contribution < -0.4 is 0 Å². The molecule has 0 aliphatic carbocycles. The largest absolute Gasteiger partial charge is 0.480 e. The first kappa shape index (κ1) is 11.2. The van der Waals surface area contributed by atoms with Crippen LogP contribution in [0.4, 0.5) is 0 Å². The van der Waals surface area contributed by atoms with Gasteiger partial charge in [-0.15, -0.1) is 0 Å². The van der Waals surface area contributed by atoms with Gasteiger partial charge in [0.05, 0.1) is 11.0 Å². The first-order valence-electron chi connectivity index (χ1n) is 6.04. The molecule has 0 radical (unpaired) electrons. The number of aromatic nitrogens is 2. The second-order valence-electron chi connectivity index (χ2n) is 4.44. The van der Waals surface area contributed by atoms with Crippen LogP contribution in [0.15, 0.2) is 24.3 Å². The van der Waals surface area contributed by atoms with Crippen LogP contribution in [0.25, 0.3) is 11.0 Å². The lowest BCUT2D eigenvalue weighted by atomic mass is 10.2. The Balaban J connectivity index is 2.12. The number of carboxylic acid groups (broad SMARTS) is 1. The van der Waals surface area contributed by atoms with Crippen molar-refractivity contribution >= 4 is 17.0 Å². The summed E-state index contributed by atoms with van der Waals surface area (Å²) in [6.07, 6.45) is 1.83. The van der Waals surface area contributed by atoms with Gasteiger partial charge in [0.2, 0.25) is 0 Å². The predicted molar refractivity (Wildman–Crippen MR) is 65.3 cm³/mol. The third kappa shape index (κ3) is 1.86. The van der Waals surface area contributed by atoms with Gasteiger partial charge in [-0.05, 0) is 25.0 Å². The van der Waals surface area contributed by atoms with E-state index in [1.807, 2.05) is 24.3 Å². The third-order valence-electron chi connectivity index (χ3n) is 3.20. The number of ether oxygens (including phenoxy) is 1. The molecule has 0 bridgehead atoms. The Morgan fingerprint density at radius 3 is 3.06 bits per heavy atom. The quantitative estimate of drug-likeness (QED) is 0.899. The highest BCUT2D eigenvalue weighted by Crippen LogP contribution is 2.30. The van der Waals surface area contributed by atoms with Gasteiger partial charge in [0.1, 0.15) is 18.5 Å². The second kappa shape index (κ2) is 4.42. The molecule has 1 aliphatic heterocycles. The Bertz CT molecular complexity index is 585. The fraction of sp³-hybridized carbons (Fsp3) is 0.385. The van der Waals surface area contributed by atoms with Gasteiger partial charge in [-0.2, -0.15) is 0 Å². The van der Waals surface area contributed by atoms with Gasteiger partial charge in [-0.1, -0.05) is 12.1 Å². The Hall–Kier alpha value is -1.88. The molecule has 1 aromatic heterocycles. The second-order valence-corrected chi connectivity index (χ2v) is 4.44. The number of hydrogen-bond donors (Lipinski definition) is 1. The first-order chi connectivity index (χ1) is 8.75. The summed E-state index contributed by atoms with van der Waals surface area (Å²) >= 11 is 0. The van der Waals surface area contributed by atoms with Crippen LogP contribution >= 0.6 is 0 Å². The fourth-order valence-electron chi connectivity index (χ4n) is 2.42. The van der Waals surface area contributed by atoms with Crippen LogP contribution in [0.2, 0.25) is 0 Å². The lowest BCUT2D eigenvalue weighted by Crippen LogP contribution is -2.14. The Labute approximate surface area is 104 Å². The third-order valence-corrected chi connectivity index (χ3v) is 3.20. The molecule has 0 spiro atoms. The normalized spacial score (nSPS) is 19.4. The zero-order valence-electron chi connectivity index (χ0n) is 9.87. The van der Waals surface area contributed by atoms with E-state index in [1.54, 1.807) is 4.57 Å². The average Bonchev–Trinajstić information content (AvgIpc) is 2.96. The maximum absolute atomic E-state index is 11.0. The van der Waals surface area contributed by atoms with Crippen LogP contribution in [-0.2, 0) is 16.1 Å². The summed E-state index contributed by atoms with van der Waals surface area (Å²) in [6.45, 7) is 0.649. The number of nitrogens with zero attached hydrogens (tertiary/aromatic N) is 2. The lowest BCUT2D eigenvalue weighted by Gasteiger charge is -2.11. The predicted octanol–water partition coefficient (Wildman–Crippen LogP) is 1.97. The summed E-state index contributed by atoms with van der Waals surface area (Å²) in [5, 5.41) is 9.02. The van der Waals surface area contributed by atoms with E-state index in [4.69, 9.17) is 9.84 Å². The van der Waals surface area contributed by atoms with Gasteiger partial charge in [0, 0.05) is 6.61 Å². The lowest BCUT2D eigenvalue weighted by molar-refractivity contribution is -0.137. The molecule has 18 heavy (non-hydrogen) atoms. The number of benzene rings is 1. The minimum Gasteiger partial charge on any atom is -0.480 e. The molecular formula is C13H14N2O3. The van der Waals surface area contributed by atoms with E-state index >= 15 is 0 Å². The maximum Gasteiger partial charge on any atom is 0.323 e. The molecule has 94 valence electrons. The van der Waals surface area contributed by atoms with Crippen LogP contribution in [0.3, 0.4) is 0 Å². The summed E-state index contributed by atoms with van der Waals surface area (Å²) < 4.78 is 7.36. The smallest absolute Gasteiger partial charge is 0.323 e. The number of aliphatic carboxylic acids is 1. The van der Waals surface area contributed by atoms with E-state index in [0.717, 1.165) is 36.3 Å². The monoisotopic (exact) mass is 246 g/mol. The topological polar surface area (TPSA) is 64.3 Å². The highest BCUT2D eigenvalue weighted by Gasteiger charge is 2.25. The van der Waals surface area contributed by atoms with Crippen molar-refractivity contribution in [2.24, 2.45) is 0 Å². The molecule has 1 N–H and O–H groups in total. The molecule has 1 atom stereocenters. The minimum absolute atomic E-state index is 0.0725. The highest BCUT2D eigenvalue weighted by molar-refractivity contribution is 5.78. The number of imidazole rings is 1. The van der Waals surface area contributed by atoms with E-state index in [2.05, 4.69) is 4.98 Å². The van der Waals surface area contributed by atoms with E-state index in [0.29, 0.717) is 0 Å². The van der Waals surface area contributed by atoms with Gasteiger partial charge in [0.25, 0.3) is 0 Å². The summed E-state index contributed by atoms with van der Waals surface area (Å²) in [4.78, 5) is 15.5. The van der Waals surface area contributed by atoms with Gasteiger partial charge < -0.3 is 14.4 Å². The number of carbonyl (C=O) groups is 1. The van der Waals surface area contributed by atoms with Gasteiger partial charge in [-0.3, -0.25) is 4.79 Å². The zero-order valence-corrected chi connectivity index (χ0v) is 9.87. The number of fused-ring (bicyclic) bond motifs is 1. The van der Waals surface area contributed by atoms with Crippen molar-refractivity contribution < 1.29 is 14.6 Å². The molecule has 5 nitrogen and oxygen atoms in total.